The molecule has 0 amide bonds. The number of aliphatic imine (C=N–C) groups is 1. The lowest BCUT2D eigenvalue weighted by molar-refractivity contribution is 0.306. The van der Waals surface area contributed by atoms with Gasteiger partial charge in [-0.15, -0.1) is 0 Å². The summed E-state index contributed by atoms with van der Waals surface area (Å²) in [7, 11) is 0. The second kappa shape index (κ2) is 8.60. The number of ether oxygens (including phenoxy) is 1. The van der Waals surface area contributed by atoms with Gasteiger partial charge in [0.05, 0.1) is 6.04 Å². The van der Waals surface area contributed by atoms with Gasteiger partial charge in [0.15, 0.2) is 5.90 Å². The molecule has 2 nitrogen and oxygen atoms in total. The molecule has 0 aromatic carbocycles. The molecule has 1 aliphatic heterocycles. The Morgan fingerprint density at radius 3 is 2.25 bits per heavy atom. The van der Waals surface area contributed by atoms with Gasteiger partial charge in [0.1, 0.15) is 6.61 Å². The number of hydrogen-bond acceptors (Lipinski definition) is 2. The maximum absolute atomic E-state index is 5.34. The van der Waals surface area contributed by atoms with Crippen molar-refractivity contribution in [3.8, 4) is 0 Å². The van der Waals surface area contributed by atoms with Gasteiger partial charge in [-0.2, -0.15) is 0 Å². The average molecular weight is 225 g/mol. The van der Waals surface area contributed by atoms with Gasteiger partial charge in [0.2, 0.25) is 0 Å². The highest BCUT2D eigenvalue weighted by atomic mass is 16.5. The summed E-state index contributed by atoms with van der Waals surface area (Å²) in [4.78, 5) is 4.44. The highest BCUT2D eigenvalue weighted by molar-refractivity contribution is 5.74. The Labute approximate surface area is 100 Å². The summed E-state index contributed by atoms with van der Waals surface area (Å²) in [5.74, 6) is 0.879. The predicted octanol–water partition coefficient (Wildman–Crippen LogP) is 4.33. The second-order valence-electron chi connectivity index (χ2n) is 4.88. The molecule has 0 radical (unpaired) electrons. The van der Waals surface area contributed by atoms with E-state index in [1.54, 1.807) is 0 Å². The lowest BCUT2D eigenvalue weighted by Gasteiger charge is -2.04. The molecule has 0 aromatic rings. The van der Waals surface area contributed by atoms with Crippen LogP contribution in [0.3, 0.4) is 0 Å². The summed E-state index contributed by atoms with van der Waals surface area (Å²) >= 11 is 0. The fraction of sp³-hybridized carbons (Fsp3) is 0.929. The van der Waals surface area contributed by atoms with Gasteiger partial charge in [0.25, 0.3) is 0 Å². The first-order valence-electron chi connectivity index (χ1n) is 7.00. The number of unbranched alkanes of at least 4 members (excludes halogenated alkanes) is 7. The maximum Gasteiger partial charge on any atom is 0.180 e. The largest absolute Gasteiger partial charge is 0.479 e. The lowest BCUT2D eigenvalue weighted by atomic mass is 10.1. The Morgan fingerprint density at radius 1 is 1.06 bits per heavy atom. The number of rotatable bonds is 9. The van der Waals surface area contributed by atoms with E-state index in [1.165, 1.54) is 57.8 Å². The van der Waals surface area contributed by atoms with Crippen LogP contribution in [0.15, 0.2) is 4.99 Å². The summed E-state index contributed by atoms with van der Waals surface area (Å²) in [6.45, 7) is 5.04. The van der Waals surface area contributed by atoms with Crippen LogP contribution in [0.5, 0.6) is 0 Å². The molecule has 16 heavy (non-hydrogen) atoms. The zero-order valence-corrected chi connectivity index (χ0v) is 11.0. The molecular formula is C14H27NO. The summed E-state index contributed by atoms with van der Waals surface area (Å²) in [5.41, 5.74) is 0. The molecule has 94 valence electrons. The summed E-state index contributed by atoms with van der Waals surface area (Å²) in [5, 5.41) is 0. The molecule has 1 rings (SSSR count). The quantitative estimate of drug-likeness (QED) is 0.535. The molecule has 0 fully saturated rings. The van der Waals surface area contributed by atoms with Crippen molar-refractivity contribution >= 4 is 5.90 Å². The van der Waals surface area contributed by atoms with E-state index in [9.17, 15) is 0 Å². The van der Waals surface area contributed by atoms with Gasteiger partial charge in [-0.25, -0.2) is 4.99 Å². The van der Waals surface area contributed by atoms with Gasteiger partial charge < -0.3 is 4.74 Å². The second-order valence-corrected chi connectivity index (χ2v) is 4.88. The maximum atomic E-state index is 5.34. The summed E-state index contributed by atoms with van der Waals surface area (Å²) in [6.07, 6.45) is 12.3. The zero-order valence-electron chi connectivity index (χ0n) is 11.0. The normalized spacial score (nSPS) is 19.6. The molecule has 0 saturated heterocycles. The number of hydrogen-bond donors (Lipinski definition) is 0. The Hall–Kier alpha value is -0.530. The van der Waals surface area contributed by atoms with Crippen LogP contribution in [-0.2, 0) is 4.74 Å². The van der Waals surface area contributed by atoms with E-state index in [4.69, 9.17) is 4.74 Å². The third-order valence-corrected chi connectivity index (χ3v) is 3.24. The van der Waals surface area contributed by atoms with E-state index >= 15 is 0 Å². The van der Waals surface area contributed by atoms with Crippen molar-refractivity contribution < 1.29 is 4.74 Å². The van der Waals surface area contributed by atoms with Crippen LogP contribution in [0, 0.1) is 0 Å². The van der Waals surface area contributed by atoms with Gasteiger partial charge in [-0.05, 0) is 6.42 Å². The van der Waals surface area contributed by atoms with Crippen LogP contribution in [0.1, 0.15) is 71.6 Å². The van der Waals surface area contributed by atoms with Crippen LogP contribution in [0.25, 0.3) is 0 Å². The fourth-order valence-corrected chi connectivity index (χ4v) is 2.21. The number of nitrogens with zero attached hydrogens (tertiary/aromatic N) is 1. The van der Waals surface area contributed by atoms with E-state index < -0.39 is 0 Å². The zero-order chi connectivity index (χ0) is 11.6. The van der Waals surface area contributed by atoms with Gasteiger partial charge >= 0.3 is 0 Å². The van der Waals surface area contributed by atoms with Crippen LogP contribution >= 0.6 is 0 Å². The summed E-state index contributed by atoms with van der Waals surface area (Å²) in [6, 6.07) is 0.458. The molecule has 0 aliphatic carbocycles. The first-order valence-corrected chi connectivity index (χ1v) is 7.00. The first kappa shape index (κ1) is 13.5. The van der Waals surface area contributed by atoms with Crippen molar-refractivity contribution in [2.75, 3.05) is 6.61 Å². The minimum Gasteiger partial charge on any atom is -0.479 e. The molecule has 1 heterocycles. The van der Waals surface area contributed by atoms with E-state index in [-0.39, 0.29) is 0 Å². The van der Waals surface area contributed by atoms with Gasteiger partial charge in [-0.3, -0.25) is 0 Å². The van der Waals surface area contributed by atoms with Crippen LogP contribution in [0.2, 0.25) is 0 Å². The Bertz CT molecular complexity index is 201. The standard InChI is InChI=1S/C14H27NO/c1-3-4-5-6-7-8-9-10-11-14-12-16-13(2)15-14/h14H,3-12H2,1-2H3/t14-/m1/s1. The van der Waals surface area contributed by atoms with Crippen LogP contribution in [-0.4, -0.2) is 18.5 Å². The van der Waals surface area contributed by atoms with Crippen LogP contribution < -0.4 is 0 Å². The lowest BCUT2D eigenvalue weighted by Crippen LogP contribution is -2.05. The van der Waals surface area contributed by atoms with Crippen molar-refractivity contribution in [1.82, 2.24) is 0 Å². The monoisotopic (exact) mass is 225 g/mol. The highest BCUT2D eigenvalue weighted by Gasteiger charge is 2.14. The molecule has 0 unspecified atom stereocenters. The molecule has 0 spiro atoms. The van der Waals surface area contributed by atoms with Crippen molar-refractivity contribution in [3.63, 3.8) is 0 Å². The molecule has 0 aromatic heterocycles. The summed E-state index contributed by atoms with van der Waals surface area (Å²) < 4.78 is 5.34. The molecule has 2 heteroatoms. The van der Waals surface area contributed by atoms with E-state index in [2.05, 4.69) is 11.9 Å². The average Bonchev–Trinajstić information content (AvgIpc) is 2.68. The minimum atomic E-state index is 0.458. The van der Waals surface area contributed by atoms with E-state index in [1.807, 2.05) is 6.92 Å². The predicted molar refractivity (Wildman–Crippen MR) is 70.1 cm³/mol. The van der Waals surface area contributed by atoms with Crippen molar-refractivity contribution in [2.24, 2.45) is 4.99 Å². The van der Waals surface area contributed by atoms with Gasteiger partial charge in [-0.1, -0.05) is 58.3 Å². The van der Waals surface area contributed by atoms with Crippen LogP contribution in [0.4, 0.5) is 0 Å². The molecular weight excluding hydrogens is 198 g/mol. The van der Waals surface area contributed by atoms with Crippen molar-refractivity contribution in [3.05, 3.63) is 0 Å². The third-order valence-electron chi connectivity index (χ3n) is 3.24. The third kappa shape index (κ3) is 6.14. The Balaban J connectivity index is 1.81. The molecule has 1 atom stereocenters. The topological polar surface area (TPSA) is 21.6 Å². The Morgan fingerprint density at radius 2 is 1.69 bits per heavy atom. The minimum absolute atomic E-state index is 0.458. The SMILES string of the molecule is CCCCCCCCCC[C@@H]1COC(C)=N1. The smallest absolute Gasteiger partial charge is 0.180 e. The molecule has 1 aliphatic rings. The Kier molecular flexibility index (Phi) is 7.28. The van der Waals surface area contributed by atoms with E-state index in [0.717, 1.165) is 12.5 Å². The molecule has 0 N–H and O–H groups in total. The van der Waals surface area contributed by atoms with Crippen molar-refractivity contribution in [1.29, 1.82) is 0 Å². The highest BCUT2D eigenvalue weighted by Crippen LogP contribution is 2.14. The van der Waals surface area contributed by atoms with Gasteiger partial charge in [0, 0.05) is 6.92 Å². The first-order chi connectivity index (χ1) is 7.83. The fourth-order valence-electron chi connectivity index (χ4n) is 2.21. The van der Waals surface area contributed by atoms with E-state index in [0.29, 0.717) is 6.04 Å². The molecule has 0 saturated carbocycles. The van der Waals surface area contributed by atoms with Crippen molar-refractivity contribution in [2.45, 2.75) is 77.7 Å². The molecule has 0 bridgehead atoms.